The highest BCUT2D eigenvalue weighted by Crippen LogP contribution is 2.34. The molecule has 1 saturated heterocycles. The van der Waals surface area contributed by atoms with E-state index in [2.05, 4.69) is 27.5 Å². The molecule has 1 aromatic heterocycles. The Hall–Kier alpha value is -3.08. The Morgan fingerprint density at radius 1 is 1.00 bits per heavy atom. The third kappa shape index (κ3) is 5.52. The van der Waals surface area contributed by atoms with E-state index in [-0.39, 0.29) is 11.7 Å². The van der Waals surface area contributed by atoms with E-state index in [1.165, 1.54) is 36.2 Å². The molecular formula is C28H31N3O5S2. The number of thiophene rings is 1. The summed E-state index contributed by atoms with van der Waals surface area (Å²) in [4.78, 5) is 4.81. The molecule has 2 aromatic carbocycles. The van der Waals surface area contributed by atoms with Gasteiger partial charge in [0.25, 0.3) is 10.0 Å². The number of nitrogens with zero attached hydrogens (tertiary/aromatic N) is 3. The number of amidine groups is 1. The van der Waals surface area contributed by atoms with Gasteiger partial charge in [0.2, 0.25) is 6.79 Å². The topological polar surface area (TPSA) is 80.7 Å². The van der Waals surface area contributed by atoms with Crippen molar-refractivity contribution < 1.29 is 22.6 Å². The van der Waals surface area contributed by atoms with Crippen molar-refractivity contribution in [3.63, 3.8) is 0 Å². The van der Waals surface area contributed by atoms with Gasteiger partial charge in [-0.3, -0.25) is 4.90 Å². The highest BCUT2D eigenvalue weighted by atomic mass is 32.2. The first kappa shape index (κ1) is 25.2. The lowest BCUT2D eigenvalue weighted by Gasteiger charge is -2.26. The first-order valence-electron chi connectivity index (χ1n) is 13.0. The highest BCUT2D eigenvalue weighted by molar-refractivity contribution is 7.91. The summed E-state index contributed by atoms with van der Waals surface area (Å²) >= 11 is 1.38. The van der Waals surface area contributed by atoms with Crippen LogP contribution in [0.1, 0.15) is 42.4 Å². The summed E-state index contributed by atoms with van der Waals surface area (Å²) in [6, 6.07) is 14.1. The Kier molecular flexibility index (Phi) is 7.27. The molecule has 0 aliphatic carbocycles. The Labute approximate surface area is 227 Å². The van der Waals surface area contributed by atoms with Crippen LogP contribution in [-0.4, -0.2) is 57.1 Å². The van der Waals surface area contributed by atoms with Crippen molar-refractivity contribution in [1.82, 2.24) is 9.80 Å². The zero-order valence-electron chi connectivity index (χ0n) is 21.2. The number of fused-ring (bicyclic) bond motifs is 2. The first-order valence-corrected chi connectivity index (χ1v) is 15.4. The van der Waals surface area contributed by atoms with Crippen molar-refractivity contribution in [2.24, 2.45) is 4.40 Å². The molecule has 6 rings (SSSR count). The third-order valence-corrected chi connectivity index (χ3v) is 9.26. The number of hydrogen-bond acceptors (Lipinski definition) is 8. The van der Waals surface area contributed by atoms with E-state index in [0.717, 1.165) is 36.7 Å². The number of likely N-dealkylation sites (tertiary alicyclic amines) is 1. The summed E-state index contributed by atoms with van der Waals surface area (Å²) in [7, 11) is -3.67. The van der Waals surface area contributed by atoms with Crippen molar-refractivity contribution in [2.75, 3.05) is 33.0 Å². The summed E-state index contributed by atoms with van der Waals surface area (Å²) < 4.78 is 46.5. The van der Waals surface area contributed by atoms with Gasteiger partial charge in [-0.1, -0.05) is 24.6 Å². The molecule has 4 heterocycles. The van der Waals surface area contributed by atoms with Crippen LogP contribution in [0.25, 0.3) is 0 Å². The van der Waals surface area contributed by atoms with Crippen LogP contribution in [0.15, 0.2) is 62.5 Å². The van der Waals surface area contributed by atoms with Crippen LogP contribution in [0.3, 0.4) is 0 Å². The molecule has 10 heteroatoms. The zero-order chi connectivity index (χ0) is 26.0. The molecule has 3 aliphatic rings. The van der Waals surface area contributed by atoms with Gasteiger partial charge in [-0.05, 0) is 67.7 Å². The molecule has 1 fully saturated rings. The van der Waals surface area contributed by atoms with E-state index in [1.54, 1.807) is 5.38 Å². The lowest BCUT2D eigenvalue weighted by Crippen LogP contribution is -2.32. The Morgan fingerprint density at radius 2 is 1.87 bits per heavy atom. The lowest BCUT2D eigenvalue weighted by molar-refractivity contribution is 0.174. The van der Waals surface area contributed by atoms with E-state index in [9.17, 15) is 8.42 Å². The summed E-state index contributed by atoms with van der Waals surface area (Å²) in [5.41, 5.74) is 2.93. The predicted octanol–water partition coefficient (Wildman–Crippen LogP) is 4.88. The Balaban J connectivity index is 1.12. The summed E-state index contributed by atoms with van der Waals surface area (Å²) in [6.07, 6.45) is 4.59. The molecule has 3 aliphatic heterocycles. The van der Waals surface area contributed by atoms with E-state index in [1.807, 2.05) is 34.5 Å². The first-order chi connectivity index (χ1) is 18.5. The molecule has 0 bridgehead atoms. The number of sulfonamides is 1. The minimum Gasteiger partial charge on any atom is -0.494 e. The van der Waals surface area contributed by atoms with Gasteiger partial charge in [0, 0.05) is 36.0 Å². The normalized spacial score (nSPS) is 17.7. The summed E-state index contributed by atoms with van der Waals surface area (Å²) in [6.45, 7) is 5.09. The number of rotatable bonds is 9. The number of piperidine rings is 1. The maximum atomic E-state index is 12.7. The quantitative estimate of drug-likeness (QED) is 0.349. The fraction of sp³-hybridized carbons (Fsp3) is 0.393. The highest BCUT2D eigenvalue weighted by Gasteiger charge is 2.33. The summed E-state index contributed by atoms with van der Waals surface area (Å²) in [5, 5.41) is 3.51. The maximum Gasteiger partial charge on any atom is 0.285 e. The van der Waals surface area contributed by atoms with Gasteiger partial charge in [-0.15, -0.1) is 4.40 Å². The predicted molar refractivity (Wildman–Crippen MR) is 147 cm³/mol. The van der Waals surface area contributed by atoms with Crippen molar-refractivity contribution in [3.05, 3.63) is 69.9 Å². The molecule has 3 aromatic rings. The standard InChI is InChI=1S/C28H31N3O5S2/c32-38(33)27-19-37-18-24(27)28(29-38)31(17-22-8-9-25-26(15-22)36-20-35-25)12-5-13-34-23-7-4-6-21(14-23)16-30-10-2-1-3-11-30/h4,6-9,14-15,18-19H,1-3,5,10-13,16-17,20H2. The average molecular weight is 554 g/mol. The molecule has 38 heavy (non-hydrogen) atoms. The second kappa shape index (κ2) is 11.0. The molecule has 0 N–H and O–H groups in total. The Morgan fingerprint density at radius 3 is 2.76 bits per heavy atom. The second-order valence-electron chi connectivity index (χ2n) is 9.84. The van der Waals surface area contributed by atoms with Crippen LogP contribution >= 0.6 is 11.3 Å². The lowest BCUT2D eigenvalue weighted by atomic mass is 10.1. The number of ether oxygens (including phenoxy) is 3. The van der Waals surface area contributed by atoms with Crippen LogP contribution in [0, 0.1) is 0 Å². The van der Waals surface area contributed by atoms with Crippen LogP contribution in [-0.2, 0) is 23.1 Å². The summed E-state index contributed by atoms with van der Waals surface area (Å²) in [5.74, 6) is 2.77. The van der Waals surface area contributed by atoms with Crippen LogP contribution in [0.4, 0.5) is 0 Å². The number of benzene rings is 2. The molecule has 0 amide bonds. The number of hydrogen-bond donors (Lipinski definition) is 0. The fourth-order valence-electron chi connectivity index (χ4n) is 5.16. The molecule has 0 spiro atoms. The van der Waals surface area contributed by atoms with E-state index in [4.69, 9.17) is 14.2 Å². The van der Waals surface area contributed by atoms with E-state index >= 15 is 0 Å². The largest absolute Gasteiger partial charge is 0.494 e. The molecule has 0 unspecified atom stereocenters. The molecule has 0 atom stereocenters. The van der Waals surface area contributed by atoms with Gasteiger partial charge in [0.15, 0.2) is 17.3 Å². The molecule has 8 nitrogen and oxygen atoms in total. The monoisotopic (exact) mass is 553 g/mol. The minimum atomic E-state index is -3.67. The van der Waals surface area contributed by atoms with Crippen LogP contribution < -0.4 is 14.2 Å². The third-order valence-electron chi connectivity index (χ3n) is 7.06. The van der Waals surface area contributed by atoms with Gasteiger partial charge >= 0.3 is 0 Å². The van der Waals surface area contributed by atoms with E-state index in [0.29, 0.717) is 43.3 Å². The van der Waals surface area contributed by atoms with E-state index < -0.39 is 10.0 Å². The molecule has 0 saturated carbocycles. The molecule has 0 radical (unpaired) electrons. The van der Waals surface area contributed by atoms with Crippen molar-refractivity contribution >= 4 is 27.2 Å². The van der Waals surface area contributed by atoms with Gasteiger partial charge in [-0.2, -0.15) is 19.8 Å². The smallest absolute Gasteiger partial charge is 0.285 e. The average Bonchev–Trinajstić information content (AvgIpc) is 3.65. The molecule has 200 valence electrons. The van der Waals surface area contributed by atoms with Crippen LogP contribution in [0.2, 0.25) is 0 Å². The molecular weight excluding hydrogens is 522 g/mol. The maximum absolute atomic E-state index is 12.7. The van der Waals surface area contributed by atoms with Crippen LogP contribution in [0.5, 0.6) is 17.2 Å². The SMILES string of the molecule is O=S1(=O)N=C(N(CCCOc2cccc(CN3CCCCC3)c2)Cc2ccc3c(c2)OCO3)c2cscc21. The van der Waals surface area contributed by atoms with Gasteiger partial charge in [0.05, 0.1) is 6.61 Å². The van der Waals surface area contributed by atoms with Crippen molar-refractivity contribution in [2.45, 2.75) is 43.7 Å². The zero-order valence-corrected chi connectivity index (χ0v) is 22.8. The second-order valence-corrected chi connectivity index (χ2v) is 12.2. The Bertz CT molecular complexity index is 1430. The van der Waals surface area contributed by atoms with Crippen molar-refractivity contribution in [1.29, 1.82) is 0 Å². The van der Waals surface area contributed by atoms with Crippen molar-refractivity contribution in [3.8, 4) is 17.2 Å². The minimum absolute atomic E-state index is 0.211. The van der Waals surface area contributed by atoms with Gasteiger partial charge < -0.3 is 19.1 Å². The van der Waals surface area contributed by atoms with Gasteiger partial charge in [-0.25, -0.2) is 0 Å². The fourth-order valence-corrected chi connectivity index (χ4v) is 7.55. The van der Waals surface area contributed by atoms with Gasteiger partial charge in [0.1, 0.15) is 10.6 Å².